The van der Waals surface area contributed by atoms with Crippen molar-refractivity contribution in [1.82, 2.24) is 14.8 Å². The second-order valence-electron chi connectivity index (χ2n) is 3.31. The van der Waals surface area contributed by atoms with Crippen molar-refractivity contribution in [2.45, 2.75) is 6.43 Å². The molecule has 0 aliphatic carbocycles. The number of carbonyl (C=O) groups excluding carboxylic acids is 1. The number of alkyl halides is 2. The second-order valence-corrected chi connectivity index (χ2v) is 4.57. The Morgan fingerprint density at radius 3 is 2.67 bits per heavy atom. The van der Waals surface area contributed by atoms with E-state index in [-0.39, 0.29) is 5.56 Å². The van der Waals surface area contributed by atoms with Gasteiger partial charge in [-0.1, -0.05) is 0 Å². The van der Waals surface area contributed by atoms with Crippen LogP contribution in [0.3, 0.4) is 0 Å². The fraction of sp³-hybridized carbons (Fsp3) is 0.100. The van der Waals surface area contributed by atoms with E-state index in [0.717, 1.165) is 10.9 Å². The standard InChI is InChI=1S/C10H5BrClF2N3O/c11-5-1-6(3-15-2-5)17-4-7(9(12)18)8(16-17)10(13)14/h1-4,10H. The van der Waals surface area contributed by atoms with E-state index >= 15 is 0 Å². The smallest absolute Gasteiger partial charge is 0.275 e. The predicted octanol–water partition coefficient (Wildman–Crippen LogP) is 3.35. The summed E-state index contributed by atoms with van der Waals surface area (Å²) in [6.07, 6.45) is 1.24. The van der Waals surface area contributed by atoms with Gasteiger partial charge in [0, 0.05) is 16.9 Å². The highest BCUT2D eigenvalue weighted by Crippen LogP contribution is 2.24. The lowest BCUT2D eigenvalue weighted by Gasteiger charge is -2.00. The Balaban J connectivity index is 2.53. The van der Waals surface area contributed by atoms with E-state index in [9.17, 15) is 13.6 Å². The molecular formula is C10H5BrClF2N3O. The molecular weight excluding hydrogens is 331 g/mol. The largest absolute Gasteiger partial charge is 0.282 e. The molecule has 0 spiro atoms. The Morgan fingerprint density at radius 2 is 2.17 bits per heavy atom. The maximum atomic E-state index is 12.7. The van der Waals surface area contributed by atoms with Crippen LogP contribution in [0, 0.1) is 0 Å². The van der Waals surface area contributed by atoms with Gasteiger partial charge in [0.1, 0.15) is 5.69 Å². The minimum absolute atomic E-state index is 0.313. The first-order valence-corrected chi connectivity index (χ1v) is 5.84. The van der Waals surface area contributed by atoms with Crippen LogP contribution in [-0.4, -0.2) is 20.0 Å². The molecule has 0 amide bonds. The third kappa shape index (κ3) is 2.56. The fourth-order valence-electron chi connectivity index (χ4n) is 1.36. The lowest BCUT2D eigenvalue weighted by atomic mass is 10.3. The number of halogens is 4. The van der Waals surface area contributed by atoms with Crippen molar-refractivity contribution >= 4 is 32.8 Å². The summed E-state index contributed by atoms with van der Waals surface area (Å²) in [4.78, 5) is 14.9. The van der Waals surface area contributed by atoms with Crippen LogP contribution in [0.25, 0.3) is 5.69 Å². The van der Waals surface area contributed by atoms with Gasteiger partial charge in [0.15, 0.2) is 0 Å². The van der Waals surface area contributed by atoms with Gasteiger partial charge in [-0.2, -0.15) is 5.10 Å². The number of rotatable bonds is 3. The summed E-state index contributed by atoms with van der Waals surface area (Å²) in [6, 6.07) is 1.62. The van der Waals surface area contributed by atoms with Crippen molar-refractivity contribution in [3.05, 3.63) is 40.4 Å². The first-order valence-electron chi connectivity index (χ1n) is 4.67. The Morgan fingerprint density at radius 1 is 1.44 bits per heavy atom. The van der Waals surface area contributed by atoms with Crippen molar-refractivity contribution in [2.24, 2.45) is 0 Å². The molecule has 94 valence electrons. The molecule has 0 aliphatic rings. The maximum absolute atomic E-state index is 12.7. The molecule has 0 bridgehead atoms. The fourth-order valence-corrected chi connectivity index (χ4v) is 1.86. The zero-order chi connectivity index (χ0) is 13.3. The number of carbonyl (C=O) groups is 1. The van der Waals surface area contributed by atoms with Crippen molar-refractivity contribution in [1.29, 1.82) is 0 Å². The summed E-state index contributed by atoms with van der Waals surface area (Å²) < 4.78 is 27.2. The third-order valence-corrected chi connectivity index (χ3v) is 2.75. The molecule has 0 N–H and O–H groups in total. The van der Waals surface area contributed by atoms with Crippen LogP contribution in [0.1, 0.15) is 22.5 Å². The monoisotopic (exact) mass is 335 g/mol. The molecule has 0 atom stereocenters. The molecule has 2 aromatic heterocycles. The molecule has 18 heavy (non-hydrogen) atoms. The van der Waals surface area contributed by atoms with E-state index in [1.165, 1.54) is 12.4 Å². The minimum Gasteiger partial charge on any atom is -0.275 e. The molecule has 4 nitrogen and oxygen atoms in total. The molecule has 2 aromatic rings. The number of nitrogens with zero attached hydrogens (tertiary/aromatic N) is 3. The van der Waals surface area contributed by atoms with Gasteiger partial charge < -0.3 is 0 Å². The Bertz CT molecular complexity index is 603. The summed E-state index contributed by atoms with van der Waals surface area (Å²) in [5.41, 5.74) is -0.517. The Kier molecular flexibility index (Phi) is 3.72. The quantitative estimate of drug-likeness (QED) is 0.808. The van der Waals surface area contributed by atoms with E-state index in [4.69, 9.17) is 11.6 Å². The lowest BCUT2D eigenvalue weighted by Crippen LogP contribution is -1.97. The molecule has 2 rings (SSSR count). The van der Waals surface area contributed by atoms with Crippen LogP contribution in [0.4, 0.5) is 8.78 Å². The number of hydrogen-bond acceptors (Lipinski definition) is 3. The topological polar surface area (TPSA) is 47.8 Å². The average Bonchev–Trinajstić information content (AvgIpc) is 2.73. The minimum atomic E-state index is -2.87. The van der Waals surface area contributed by atoms with Crippen molar-refractivity contribution < 1.29 is 13.6 Å². The molecule has 0 saturated carbocycles. The highest BCUT2D eigenvalue weighted by Gasteiger charge is 2.22. The Hall–Kier alpha value is -1.34. The molecule has 8 heteroatoms. The SMILES string of the molecule is O=C(Cl)c1cn(-c2cncc(Br)c2)nc1C(F)F. The van der Waals surface area contributed by atoms with Crippen molar-refractivity contribution in [2.75, 3.05) is 0 Å². The predicted molar refractivity (Wildman–Crippen MR) is 64.2 cm³/mol. The van der Waals surface area contributed by atoms with E-state index in [1.807, 2.05) is 0 Å². The second kappa shape index (κ2) is 5.11. The van der Waals surface area contributed by atoms with Crippen molar-refractivity contribution in [3.8, 4) is 5.69 Å². The van der Waals surface area contributed by atoms with Gasteiger partial charge >= 0.3 is 0 Å². The molecule has 0 fully saturated rings. The van der Waals surface area contributed by atoms with Gasteiger partial charge in [0.25, 0.3) is 11.7 Å². The van der Waals surface area contributed by atoms with Crippen LogP contribution in [0.5, 0.6) is 0 Å². The van der Waals surface area contributed by atoms with E-state index in [2.05, 4.69) is 26.0 Å². The molecule has 0 saturated heterocycles. The van der Waals surface area contributed by atoms with Gasteiger partial charge in [-0.15, -0.1) is 0 Å². The summed E-state index contributed by atoms with van der Waals surface area (Å²) in [5, 5.41) is 2.67. The van der Waals surface area contributed by atoms with Crippen LogP contribution in [0.2, 0.25) is 0 Å². The van der Waals surface area contributed by atoms with Gasteiger partial charge in [0.2, 0.25) is 0 Å². The number of aromatic nitrogens is 3. The molecule has 0 aromatic carbocycles. The van der Waals surface area contributed by atoms with Gasteiger partial charge in [-0.05, 0) is 33.6 Å². The highest BCUT2D eigenvalue weighted by molar-refractivity contribution is 9.10. The summed E-state index contributed by atoms with van der Waals surface area (Å²) in [7, 11) is 0. The van der Waals surface area contributed by atoms with Crippen LogP contribution in [-0.2, 0) is 0 Å². The maximum Gasteiger partial charge on any atom is 0.282 e. The summed E-state index contributed by atoms with van der Waals surface area (Å²) in [5.74, 6) is 0. The Labute approximate surface area is 114 Å². The highest BCUT2D eigenvalue weighted by atomic mass is 79.9. The number of pyridine rings is 1. The van der Waals surface area contributed by atoms with Gasteiger partial charge in [-0.25, -0.2) is 13.5 Å². The zero-order valence-corrected chi connectivity index (χ0v) is 11.0. The van der Waals surface area contributed by atoms with E-state index in [1.54, 1.807) is 6.07 Å². The van der Waals surface area contributed by atoms with Gasteiger partial charge in [0.05, 0.1) is 17.4 Å². The molecule has 0 aliphatic heterocycles. The summed E-state index contributed by atoms with van der Waals surface area (Å²) >= 11 is 8.43. The first kappa shape index (κ1) is 13.1. The number of hydrogen-bond donors (Lipinski definition) is 0. The van der Waals surface area contributed by atoms with Gasteiger partial charge in [-0.3, -0.25) is 9.78 Å². The lowest BCUT2D eigenvalue weighted by molar-refractivity contribution is 0.106. The molecule has 0 radical (unpaired) electrons. The van der Waals surface area contributed by atoms with Crippen molar-refractivity contribution in [3.63, 3.8) is 0 Å². The van der Waals surface area contributed by atoms with Crippen LogP contribution < -0.4 is 0 Å². The van der Waals surface area contributed by atoms with Crippen LogP contribution in [0.15, 0.2) is 29.1 Å². The third-order valence-electron chi connectivity index (χ3n) is 2.12. The average molecular weight is 337 g/mol. The zero-order valence-electron chi connectivity index (χ0n) is 8.65. The van der Waals surface area contributed by atoms with Crippen LogP contribution >= 0.6 is 27.5 Å². The normalized spacial score (nSPS) is 10.9. The molecule has 0 unspecified atom stereocenters. The summed E-state index contributed by atoms with van der Waals surface area (Å²) in [6.45, 7) is 0. The first-order chi connectivity index (χ1) is 8.49. The van der Waals surface area contributed by atoms with E-state index in [0.29, 0.717) is 10.2 Å². The van der Waals surface area contributed by atoms with E-state index < -0.39 is 17.4 Å². The molecule has 2 heterocycles.